The predicted molar refractivity (Wildman–Crippen MR) is 149 cm³/mol. The van der Waals surface area contributed by atoms with Crippen LogP contribution in [0.3, 0.4) is 0 Å². The van der Waals surface area contributed by atoms with Gasteiger partial charge in [-0.25, -0.2) is 19.6 Å². The number of anilines is 1. The maximum absolute atomic E-state index is 13.1. The van der Waals surface area contributed by atoms with E-state index in [0.29, 0.717) is 28.9 Å². The third-order valence-electron chi connectivity index (χ3n) is 6.12. The van der Waals surface area contributed by atoms with E-state index in [1.165, 1.54) is 35.8 Å². The van der Waals surface area contributed by atoms with E-state index in [1.807, 2.05) is 24.2 Å². The zero-order chi connectivity index (χ0) is 29.4. The summed E-state index contributed by atoms with van der Waals surface area (Å²) in [6.45, 7) is 1.82. The number of nitrogens with two attached hydrogens (primary N) is 1. The van der Waals surface area contributed by atoms with Crippen LogP contribution in [0, 0.1) is 0 Å². The van der Waals surface area contributed by atoms with Crippen LogP contribution in [0.25, 0.3) is 6.08 Å². The Labute approximate surface area is 244 Å². The quantitative estimate of drug-likeness (QED) is 0.125. The molecule has 1 unspecified atom stereocenters. The Kier molecular flexibility index (Phi) is 7.96. The highest BCUT2D eigenvalue weighted by atomic mass is 32.2. The second-order valence-corrected chi connectivity index (χ2v) is 11.9. The fourth-order valence-electron chi connectivity index (χ4n) is 4.06. The van der Waals surface area contributed by atoms with E-state index in [-0.39, 0.29) is 28.0 Å². The molecule has 5 N–H and O–H groups in total. The first-order valence-electron chi connectivity index (χ1n) is 11.9. The van der Waals surface area contributed by atoms with Crippen LogP contribution in [0.15, 0.2) is 37.6 Å². The third-order valence-corrected chi connectivity index (χ3v) is 9.05. The van der Waals surface area contributed by atoms with E-state index in [0.717, 1.165) is 21.9 Å². The molecule has 1 saturated heterocycles. The van der Waals surface area contributed by atoms with Crippen molar-refractivity contribution in [3.8, 4) is 0 Å². The number of carbonyl (C=O) groups is 4. The summed E-state index contributed by atoms with van der Waals surface area (Å²) in [6, 6.07) is -1.06. The molecule has 3 atom stereocenters. The molecule has 3 aliphatic heterocycles. The maximum Gasteiger partial charge on any atom is 0.352 e. The van der Waals surface area contributed by atoms with E-state index in [1.54, 1.807) is 0 Å². The molecule has 2 aromatic heterocycles. The summed E-state index contributed by atoms with van der Waals surface area (Å²) in [5, 5.41) is 26.5. The largest absolute Gasteiger partial charge is 0.478 e. The normalized spacial score (nSPS) is 20.7. The molecule has 5 heterocycles. The zero-order valence-corrected chi connectivity index (χ0v) is 23.9. The van der Waals surface area contributed by atoms with Gasteiger partial charge in [0.05, 0.1) is 6.54 Å². The van der Waals surface area contributed by atoms with Gasteiger partial charge in [-0.05, 0) is 18.6 Å². The number of aromatic nitrogens is 2. The van der Waals surface area contributed by atoms with Crippen molar-refractivity contribution in [2.75, 3.05) is 24.3 Å². The highest BCUT2D eigenvalue weighted by Gasteiger charge is 2.54. The molecule has 0 bridgehead atoms. The average molecular weight is 622 g/mol. The van der Waals surface area contributed by atoms with Crippen molar-refractivity contribution in [2.24, 2.45) is 5.16 Å². The molecule has 3 aliphatic rings. The van der Waals surface area contributed by atoms with E-state index >= 15 is 0 Å². The van der Waals surface area contributed by atoms with Gasteiger partial charge in [0, 0.05) is 30.1 Å². The third kappa shape index (κ3) is 5.75. The number of rotatable bonds is 10. The summed E-state index contributed by atoms with van der Waals surface area (Å²) in [5.41, 5.74) is 6.47. The minimum Gasteiger partial charge on any atom is -0.478 e. The Morgan fingerprint density at radius 1 is 1.37 bits per heavy atom. The molecule has 0 saturated carbocycles. The van der Waals surface area contributed by atoms with Gasteiger partial charge in [0.15, 0.2) is 16.6 Å². The second kappa shape index (κ2) is 11.5. The number of nitrogen functional groups attached to an aromatic ring is 1. The number of β-lactam (4-membered cyclic amide) rings is 1. The molecular weight excluding hydrogens is 598 g/mol. The van der Waals surface area contributed by atoms with Crippen LogP contribution >= 0.6 is 34.9 Å². The Hall–Kier alpha value is -4.03. The van der Waals surface area contributed by atoms with E-state index in [4.69, 9.17) is 20.1 Å². The number of nitrogens with one attached hydrogen (secondary N) is 1. The first-order chi connectivity index (χ1) is 19.5. The summed E-state index contributed by atoms with van der Waals surface area (Å²) in [7, 11) is 1.91. The molecule has 2 amide bonds. The van der Waals surface area contributed by atoms with Gasteiger partial charge in [0.2, 0.25) is 6.10 Å². The lowest BCUT2D eigenvalue weighted by atomic mass is 10.0. The van der Waals surface area contributed by atoms with Crippen molar-refractivity contribution in [3.63, 3.8) is 0 Å². The molecule has 15 nitrogen and oxygen atoms in total. The molecule has 1 fully saturated rings. The number of thiazole rings is 1. The van der Waals surface area contributed by atoms with Crippen molar-refractivity contribution in [1.29, 1.82) is 0 Å². The average Bonchev–Trinajstić information content (AvgIpc) is 3.54. The van der Waals surface area contributed by atoms with Gasteiger partial charge in [0.1, 0.15) is 28.5 Å². The molecule has 0 aliphatic carbocycles. The fourth-order valence-corrected chi connectivity index (χ4v) is 6.94. The number of oxazole rings is 1. The smallest absolute Gasteiger partial charge is 0.352 e. The number of oxime groups is 1. The summed E-state index contributed by atoms with van der Waals surface area (Å²) in [4.78, 5) is 66.1. The molecule has 0 spiro atoms. The lowest BCUT2D eigenvalue weighted by Crippen LogP contribution is -2.71. The lowest BCUT2D eigenvalue weighted by molar-refractivity contribution is -0.150. The van der Waals surface area contributed by atoms with Crippen LogP contribution in [-0.4, -0.2) is 95.5 Å². The van der Waals surface area contributed by atoms with Crippen molar-refractivity contribution >= 4 is 75.5 Å². The Balaban J connectivity index is 1.29. The number of thioether (sulfide) groups is 2. The van der Waals surface area contributed by atoms with Crippen LogP contribution in [-0.2, 0) is 30.6 Å². The maximum atomic E-state index is 13.1. The molecule has 2 aromatic rings. The van der Waals surface area contributed by atoms with Crippen molar-refractivity contribution in [3.05, 3.63) is 40.0 Å². The van der Waals surface area contributed by atoms with Crippen LogP contribution in [0.5, 0.6) is 0 Å². The van der Waals surface area contributed by atoms with Crippen molar-refractivity contribution < 1.29 is 38.6 Å². The zero-order valence-electron chi connectivity index (χ0n) is 21.5. The monoisotopic (exact) mass is 621 g/mol. The SMILES string of the molecule is C[C@H](O/N=C(\C(=O)NC1C(=O)N2C(C(=O)O)=C(CSc3nc4c(o3)C=CN(C)C4)CS[C@H]12)c1csc(N)n1)C(=O)O. The highest BCUT2D eigenvalue weighted by Crippen LogP contribution is 2.41. The van der Waals surface area contributed by atoms with E-state index < -0.39 is 41.3 Å². The number of carboxylic acid groups (broad SMARTS) is 2. The first kappa shape index (κ1) is 28.5. The van der Waals surface area contributed by atoms with Gasteiger partial charge in [-0.2, -0.15) is 0 Å². The van der Waals surface area contributed by atoms with Crippen LogP contribution in [0.4, 0.5) is 5.13 Å². The predicted octanol–water partition coefficient (Wildman–Crippen LogP) is 0.854. The number of nitrogens with zero attached hydrogens (tertiary/aromatic N) is 5. The molecule has 0 aromatic carbocycles. The summed E-state index contributed by atoms with van der Waals surface area (Å²) in [5.74, 6) is -2.86. The molecule has 5 rings (SSSR count). The minimum absolute atomic E-state index is 0.0308. The lowest BCUT2D eigenvalue weighted by Gasteiger charge is -2.49. The standard InChI is InChI=1S/C23H23N7O8S3/c1-9(20(33)34)38-28-14(12-8-40-22(24)25-12)17(31)27-15-18(32)30-16(21(35)36)10(6-39-19(15)30)7-41-23-26-11-5-29(2)4-3-13(11)37-23/h3-4,8-9,15,19H,5-7H2,1-2H3,(H2,24,25)(H,27,31)(H,33,34)(H,35,36)/b28-14-/t9-,15?,19+/m0/s1. The first-order valence-corrected chi connectivity index (χ1v) is 14.8. The highest BCUT2D eigenvalue weighted by molar-refractivity contribution is 8.01. The number of amides is 2. The molecule has 216 valence electrons. The number of fused-ring (bicyclic) bond motifs is 2. The minimum atomic E-state index is -1.36. The van der Waals surface area contributed by atoms with Gasteiger partial charge < -0.3 is 35.4 Å². The van der Waals surface area contributed by atoms with Crippen molar-refractivity contribution in [2.45, 2.75) is 36.2 Å². The Morgan fingerprint density at radius 2 is 2.15 bits per heavy atom. The van der Waals surface area contributed by atoms with Crippen LogP contribution in [0.2, 0.25) is 0 Å². The number of hydrogen-bond acceptors (Lipinski definition) is 14. The van der Waals surface area contributed by atoms with Gasteiger partial charge >= 0.3 is 11.9 Å². The molecule has 0 radical (unpaired) electrons. The van der Waals surface area contributed by atoms with E-state index in [9.17, 15) is 24.3 Å². The Bertz CT molecular complexity index is 1520. The number of hydrogen-bond donors (Lipinski definition) is 4. The number of aliphatic carboxylic acids is 2. The van der Waals surface area contributed by atoms with Gasteiger partial charge in [-0.1, -0.05) is 16.9 Å². The van der Waals surface area contributed by atoms with Crippen LogP contribution in [0.1, 0.15) is 24.1 Å². The number of carboxylic acids is 2. The molecular formula is C23H23N7O8S3. The summed E-state index contributed by atoms with van der Waals surface area (Å²) >= 11 is 3.56. The summed E-state index contributed by atoms with van der Waals surface area (Å²) < 4.78 is 5.76. The summed E-state index contributed by atoms with van der Waals surface area (Å²) in [6.07, 6.45) is 2.33. The fraction of sp³-hybridized carbons (Fsp3) is 0.348. The van der Waals surface area contributed by atoms with Gasteiger partial charge in [-0.15, -0.1) is 23.1 Å². The molecule has 41 heavy (non-hydrogen) atoms. The van der Waals surface area contributed by atoms with Crippen LogP contribution < -0.4 is 11.1 Å². The molecule has 18 heteroatoms. The topological polar surface area (TPSA) is 214 Å². The number of carbonyl (C=O) groups excluding carboxylic acids is 2. The van der Waals surface area contributed by atoms with E-state index in [2.05, 4.69) is 20.4 Å². The Morgan fingerprint density at radius 3 is 2.83 bits per heavy atom. The second-order valence-electron chi connectivity index (χ2n) is 9.03. The van der Waals surface area contributed by atoms with Crippen molar-refractivity contribution in [1.82, 2.24) is 25.1 Å². The van der Waals surface area contributed by atoms with Gasteiger partial charge in [0.25, 0.3) is 17.0 Å². The van der Waals surface area contributed by atoms with Gasteiger partial charge in [-0.3, -0.25) is 14.5 Å².